The van der Waals surface area contributed by atoms with Gasteiger partial charge in [0.05, 0.1) is 11.0 Å². The molecule has 122 valence electrons. The molecule has 1 N–H and O–H groups in total. The van der Waals surface area contributed by atoms with Gasteiger partial charge >= 0.3 is 0 Å². The number of H-pyrrole nitrogens is 1. The number of pyridine rings is 2. The molecule has 0 unspecified atom stereocenters. The van der Waals surface area contributed by atoms with E-state index in [-0.39, 0.29) is 0 Å². The molecule has 2 aromatic carbocycles. The standard InChI is InChI=1S/C22H14N4/c1-2-7-14(8-3-1)26-19-11-6-12-23-20(19)17-13-16-15-9-4-5-10-18(15)24-21(16)25-22(17)26/h1-13H,(H,24,25). The van der Waals surface area contributed by atoms with Crippen molar-refractivity contribution in [3.63, 3.8) is 0 Å². The van der Waals surface area contributed by atoms with Gasteiger partial charge in [0.25, 0.3) is 0 Å². The third kappa shape index (κ3) is 1.73. The van der Waals surface area contributed by atoms with E-state index in [2.05, 4.69) is 57.0 Å². The third-order valence-electron chi connectivity index (χ3n) is 4.98. The molecule has 0 amide bonds. The van der Waals surface area contributed by atoms with E-state index in [9.17, 15) is 0 Å². The topological polar surface area (TPSA) is 46.5 Å². The van der Waals surface area contributed by atoms with Gasteiger partial charge in [-0.25, -0.2) is 4.98 Å². The van der Waals surface area contributed by atoms with Gasteiger partial charge in [-0.05, 0) is 36.4 Å². The maximum atomic E-state index is 5.00. The Kier molecular flexibility index (Phi) is 2.58. The molecule has 0 aliphatic rings. The molecule has 0 spiro atoms. The van der Waals surface area contributed by atoms with Crippen molar-refractivity contribution in [3.8, 4) is 5.69 Å². The molecule has 6 rings (SSSR count). The molecule has 6 aromatic rings. The number of fused-ring (bicyclic) bond motifs is 6. The number of nitrogens with one attached hydrogen (secondary N) is 1. The Hall–Kier alpha value is -3.66. The normalized spacial score (nSPS) is 11.8. The monoisotopic (exact) mass is 334 g/mol. The Bertz CT molecular complexity index is 1420. The highest BCUT2D eigenvalue weighted by molar-refractivity contribution is 6.14. The van der Waals surface area contributed by atoms with Crippen molar-refractivity contribution >= 4 is 44.0 Å². The maximum Gasteiger partial charge on any atom is 0.149 e. The maximum absolute atomic E-state index is 5.00. The zero-order valence-corrected chi connectivity index (χ0v) is 13.8. The van der Waals surface area contributed by atoms with E-state index < -0.39 is 0 Å². The van der Waals surface area contributed by atoms with Crippen LogP contribution in [0.2, 0.25) is 0 Å². The van der Waals surface area contributed by atoms with Crippen LogP contribution in [0.3, 0.4) is 0 Å². The Balaban J connectivity index is 1.85. The minimum absolute atomic E-state index is 0.902. The van der Waals surface area contributed by atoms with E-state index in [4.69, 9.17) is 4.98 Å². The Labute approximate surface area is 148 Å². The quantitative estimate of drug-likeness (QED) is 0.449. The summed E-state index contributed by atoms with van der Waals surface area (Å²) in [5, 5.41) is 3.39. The fourth-order valence-corrected chi connectivity index (χ4v) is 3.84. The van der Waals surface area contributed by atoms with Gasteiger partial charge in [-0.15, -0.1) is 0 Å². The highest BCUT2D eigenvalue weighted by Crippen LogP contribution is 2.33. The average molecular weight is 334 g/mol. The number of para-hydroxylation sites is 2. The lowest BCUT2D eigenvalue weighted by Gasteiger charge is -2.06. The minimum atomic E-state index is 0.902. The summed E-state index contributed by atoms with van der Waals surface area (Å²) in [6.45, 7) is 0. The summed E-state index contributed by atoms with van der Waals surface area (Å²) < 4.78 is 2.18. The number of rotatable bonds is 1. The number of aromatic amines is 1. The minimum Gasteiger partial charge on any atom is -0.339 e. The van der Waals surface area contributed by atoms with Crippen molar-refractivity contribution in [2.24, 2.45) is 0 Å². The largest absolute Gasteiger partial charge is 0.339 e. The van der Waals surface area contributed by atoms with Crippen LogP contribution in [0.4, 0.5) is 0 Å². The molecule has 4 nitrogen and oxygen atoms in total. The van der Waals surface area contributed by atoms with Crippen LogP contribution in [-0.4, -0.2) is 19.5 Å². The van der Waals surface area contributed by atoms with Crippen LogP contribution >= 0.6 is 0 Å². The zero-order chi connectivity index (χ0) is 17.1. The second-order valence-corrected chi connectivity index (χ2v) is 6.47. The Morgan fingerprint density at radius 1 is 0.769 bits per heavy atom. The predicted octanol–water partition coefficient (Wildman–Crippen LogP) is 5.21. The van der Waals surface area contributed by atoms with Gasteiger partial charge in [-0.2, -0.15) is 0 Å². The number of nitrogens with zero attached hydrogens (tertiary/aromatic N) is 3. The van der Waals surface area contributed by atoms with Crippen LogP contribution in [0, 0.1) is 0 Å². The molecule has 26 heavy (non-hydrogen) atoms. The van der Waals surface area contributed by atoms with Crippen molar-refractivity contribution in [2.45, 2.75) is 0 Å². The lowest BCUT2D eigenvalue weighted by atomic mass is 10.1. The highest BCUT2D eigenvalue weighted by atomic mass is 15.1. The molecular weight excluding hydrogens is 320 g/mol. The van der Waals surface area contributed by atoms with Gasteiger partial charge < -0.3 is 4.98 Å². The van der Waals surface area contributed by atoms with E-state index in [0.717, 1.165) is 44.3 Å². The van der Waals surface area contributed by atoms with Gasteiger partial charge in [-0.1, -0.05) is 36.4 Å². The second kappa shape index (κ2) is 4.92. The van der Waals surface area contributed by atoms with E-state index in [1.165, 1.54) is 5.39 Å². The van der Waals surface area contributed by atoms with Crippen LogP contribution in [-0.2, 0) is 0 Å². The summed E-state index contributed by atoms with van der Waals surface area (Å²) in [6, 6.07) is 24.9. The summed E-state index contributed by atoms with van der Waals surface area (Å²) in [7, 11) is 0. The number of hydrogen-bond acceptors (Lipinski definition) is 2. The molecule has 0 saturated heterocycles. The number of benzene rings is 2. The smallest absolute Gasteiger partial charge is 0.149 e. The molecular formula is C22H14N4. The van der Waals surface area contributed by atoms with E-state index >= 15 is 0 Å². The molecule has 4 aromatic heterocycles. The van der Waals surface area contributed by atoms with E-state index in [1.54, 1.807) is 0 Å². The van der Waals surface area contributed by atoms with Crippen LogP contribution < -0.4 is 0 Å². The summed E-state index contributed by atoms with van der Waals surface area (Å²) in [5.74, 6) is 0. The molecule has 0 aliphatic heterocycles. The van der Waals surface area contributed by atoms with Crippen molar-refractivity contribution in [2.75, 3.05) is 0 Å². The first kappa shape index (κ1) is 13.6. The molecule has 0 aliphatic carbocycles. The first-order valence-corrected chi connectivity index (χ1v) is 8.62. The second-order valence-electron chi connectivity index (χ2n) is 6.47. The van der Waals surface area contributed by atoms with Crippen LogP contribution in [0.5, 0.6) is 0 Å². The molecule has 4 heteroatoms. The predicted molar refractivity (Wildman–Crippen MR) is 106 cm³/mol. The third-order valence-corrected chi connectivity index (χ3v) is 4.98. The number of hydrogen-bond donors (Lipinski definition) is 1. The first-order chi connectivity index (χ1) is 12.9. The van der Waals surface area contributed by atoms with Gasteiger partial charge in [0.15, 0.2) is 0 Å². The van der Waals surface area contributed by atoms with Crippen molar-refractivity contribution in [1.82, 2.24) is 19.5 Å². The summed E-state index contributed by atoms with van der Waals surface area (Å²) in [5.41, 5.74) is 6.06. The van der Waals surface area contributed by atoms with Crippen LogP contribution in [0.25, 0.3) is 49.7 Å². The molecule has 0 saturated carbocycles. The summed E-state index contributed by atoms with van der Waals surface area (Å²) in [6.07, 6.45) is 1.84. The molecule has 0 fully saturated rings. The average Bonchev–Trinajstić information content (AvgIpc) is 3.22. The highest BCUT2D eigenvalue weighted by Gasteiger charge is 2.16. The van der Waals surface area contributed by atoms with Gasteiger partial charge in [0, 0.05) is 33.6 Å². The van der Waals surface area contributed by atoms with E-state index in [0.29, 0.717) is 0 Å². The first-order valence-electron chi connectivity index (χ1n) is 8.62. The van der Waals surface area contributed by atoms with Crippen molar-refractivity contribution < 1.29 is 0 Å². The van der Waals surface area contributed by atoms with Crippen LogP contribution in [0.1, 0.15) is 0 Å². The summed E-state index contributed by atoms with van der Waals surface area (Å²) >= 11 is 0. The molecule has 0 atom stereocenters. The Morgan fingerprint density at radius 2 is 1.62 bits per heavy atom. The Morgan fingerprint density at radius 3 is 2.54 bits per heavy atom. The lowest BCUT2D eigenvalue weighted by Crippen LogP contribution is -1.95. The molecule has 0 bridgehead atoms. The lowest BCUT2D eigenvalue weighted by molar-refractivity contribution is 1.14. The van der Waals surface area contributed by atoms with Crippen molar-refractivity contribution in [1.29, 1.82) is 0 Å². The van der Waals surface area contributed by atoms with Crippen molar-refractivity contribution in [3.05, 3.63) is 79.0 Å². The number of aromatic nitrogens is 4. The SMILES string of the molecule is c1ccc(-n2c3cccnc3c3cc4c(nc32)[nH]c2ccccc24)cc1. The van der Waals surface area contributed by atoms with Gasteiger partial charge in [-0.3, -0.25) is 9.55 Å². The molecule has 4 heterocycles. The fourth-order valence-electron chi connectivity index (χ4n) is 3.84. The van der Waals surface area contributed by atoms with Crippen LogP contribution in [0.15, 0.2) is 79.0 Å². The van der Waals surface area contributed by atoms with E-state index in [1.807, 2.05) is 36.5 Å². The van der Waals surface area contributed by atoms with Gasteiger partial charge in [0.2, 0.25) is 0 Å². The zero-order valence-electron chi connectivity index (χ0n) is 13.8. The summed E-state index contributed by atoms with van der Waals surface area (Å²) in [4.78, 5) is 13.1. The van der Waals surface area contributed by atoms with Gasteiger partial charge in [0.1, 0.15) is 11.3 Å². The fraction of sp³-hybridized carbons (Fsp3) is 0. The molecule has 0 radical (unpaired) electrons.